The summed E-state index contributed by atoms with van der Waals surface area (Å²) in [6, 6.07) is 16.5. The molecule has 3 N–H and O–H groups in total. The number of benzene rings is 3. The number of halogens is 1. The number of phenols is 1. The van der Waals surface area contributed by atoms with Gasteiger partial charge in [-0.15, -0.1) is 0 Å². The molecular formula is C24H23ClNNaO6S. The number of aromatic carboxylic acids is 1. The third kappa shape index (κ3) is 7.29. The molecular weight excluding hydrogens is 489 g/mol. The first-order valence-corrected chi connectivity index (χ1v) is 12.1. The molecule has 3 rings (SSSR count). The molecule has 1 atom stereocenters. The van der Waals surface area contributed by atoms with Gasteiger partial charge in [-0.3, -0.25) is 0 Å². The number of hydrogen-bond donors (Lipinski definition) is 3. The smallest absolute Gasteiger partial charge is 0.545 e. The molecule has 0 heterocycles. The van der Waals surface area contributed by atoms with Gasteiger partial charge in [0.25, 0.3) is 0 Å². The Hall–Kier alpha value is -1.91. The Morgan fingerprint density at radius 2 is 1.71 bits per heavy atom. The Labute approximate surface area is 225 Å². The van der Waals surface area contributed by atoms with Crippen LogP contribution in [0.2, 0.25) is 5.02 Å². The predicted molar refractivity (Wildman–Crippen MR) is 122 cm³/mol. The van der Waals surface area contributed by atoms with Gasteiger partial charge >= 0.3 is 29.6 Å². The standard InChI is InChI=1S/C24H24ClNO6S.Na/c25-18-5-1-4-17(13-18)23(28)15-26-12-2-3-16-6-8-19(9-7-16)33(31,32)20-10-11-21(24(29)30)22(27)14-20;/h1,4-11,13-14,23,26-28H,2-3,12,15H2,(H,29,30);/q;+1/p-1/t23-;/m0./s1. The summed E-state index contributed by atoms with van der Waals surface area (Å²) < 4.78 is 25.5. The number of carbonyl (C=O) groups excluding carboxylic acids is 1. The molecule has 3 aromatic rings. The van der Waals surface area contributed by atoms with Gasteiger partial charge in [0.15, 0.2) is 0 Å². The van der Waals surface area contributed by atoms with Crippen molar-refractivity contribution >= 4 is 27.4 Å². The van der Waals surface area contributed by atoms with Crippen LogP contribution in [0, 0.1) is 0 Å². The van der Waals surface area contributed by atoms with Crippen molar-refractivity contribution in [1.82, 2.24) is 5.32 Å². The molecule has 10 heteroatoms. The maximum Gasteiger partial charge on any atom is 1.00 e. The van der Waals surface area contributed by atoms with E-state index in [0.29, 0.717) is 24.5 Å². The van der Waals surface area contributed by atoms with E-state index >= 15 is 0 Å². The summed E-state index contributed by atoms with van der Waals surface area (Å²) >= 11 is 5.94. The molecule has 0 saturated carbocycles. The summed E-state index contributed by atoms with van der Waals surface area (Å²) in [7, 11) is -3.91. The second-order valence-corrected chi connectivity index (χ2v) is 9.88. The summed E-state index contributed by atoms with van der Waals surface area (Å²) in [4.78, 5) is 10.7. The van der Waals surface area contributed by atoms with Crippen LogP contribution in [0.25, 0.3) is 0 Å². The van der Waals surface area contributed by atoms with Gasteiger partial charge < -0.3 is 25.4 Å². The summed E-state index contributed by atoms with van der Waals surface area (Å²) in [6.07, 6.45) is 0.836. The molecule has 0 aliphatic rings. The number of aromatic hydroxyl groups is 1. The Morgan fingerprint density at radius 1 is 1.03 bits per heavy atom. The molecule has 0 aliphatic heterocycles. The van der Waals surface area contributed by atoms with Crippen LogP contribution in [0.15, 0.2) is 76.5 Å². The maximum absolute atomic E-state index is 12.8. The Balaban J connectivity index is 0.00000408. The number of aryl methyl sites for hydroxylation is 1. The Bertz CT molecular complexity index is 1230. The van der Waals surface area contributed by atoms with E-state index in [0.717, 1.165) is 35.7 Å². The van der Waals surface area contributed by atoms with Crippen molar-refractivity contribution in [2.24, 2.45) is 0 Å². The van der Waals surface area contributed by atoms with Crippen LogP contribution in [0.4, 0.5) is 0 Å². The third-order valence-electron chi connectivity index (χ3n) is 5.12. The molecule has 0 amide bonds. The van der Waals surface area contributed by atoms with Crippen molar-refractivity contribution in [3.8, 4) is 5.75 Å². The number of sulfone groups is 1. The van der Waals surface area contributed by atoms with E-state index in [2.05, 4.69) is 5.32 Å². The van der Waals surface area contributed by atoms with Crippen molar-refractivity contribution in [2.75, 3.05) is 13.1 Å². The zero-order valence-electron chi connectivity index (χ0n) is 18.6. The van der Waals surface area contributed by atoms with Crippen molar-refractivity contribution in [3.63, 3.8) is 0 Å². The third-order valence-corrected chi connectivity index (χ3v) is 7.13. The summed E-state index contributed by atoms with van der Waals surface area (Å²) in [5.74, 6) is -2.25. The number of rotatable bonds is 10. The fraction of sp³-hybridized carbons (Fsp3) is 0.208. The number of nitrogens with one attached hydrogen (secondary N) is 1. The summed E-state index contributed by atoms with van der Waals surface area (Å²) in [5, 5.41) is 34.6. The number of carboxylic acids is 1. The van der Waals surface area contributed by atoms with Gasteiger partial charge in [0.05, 0.1) is 21.9 Å². The number of aliphatic hydroxyl groups excluding tert-OH is 1. The minimum absolute atomic E-state index is 0. The van der Waals surface area contributed by atoms with Gasteiger partial charge in [0, 0.05) is 17.1 Å². The van der Waals surface area contributed by atoms with Gasteiger partial charge in [0.2, 0.25) is 9.84 Å². The monoisotopic (exact) mass is 511 g/mol. The average Bonchev–Trinajstić information content (AvgIpc) is 2.78. The number of carbonyl (C=O) groups is 1. The van der Waals surface area contributed by atoms with E-state index in [1.54, 1.807) is 30.3 Å². The molecule has 0 aliphatic carbocycles. The van der Waals surface area contributed by atoms with Gasteiger partial charge in [-0.05, 0) is 73.0 Å². The average molecular weight is 512 g/mol. The van der Waals surface area contributed by atoms with E-state index in [9.17, 15) is 28.5 Å². The van der Waals surface area contributed by atoms with Crippen LogP contribution >= 0.6 is 11.6 Å². The molecule has 0 unspecified atom stereocenters. The first-order chi connectivity index (χ1) is 15.7. The quantitative estimate of drug-likeness (QED) is 0.247. The SMILES string of the molecule is O=C([O-])c1ccc(S(=O)(=O)c2ccc(CCCNC[C@H](O)c3cccc(Cl)c3)cc2)cc1O.[Na+]. The van der Waals surface area contributed by atoms with Crippen molar-refractivity contribution < 1.29 is 58.1 Å². The van der Waals surface area contributed by atoms with E-state index in [-0.39, 0.29) is 39.3 Å². The summed E-state index contributed by atoms with van der Waals surface area (Å²) in [5.41, 5.74) is 1.22. The van der Waals surface area contributed by atoms with Crippen LogP contribution < -0.4 is 40.0 Å². The second-order valence-electron chi connectivity index (χ2n) is 7.49. The fourth-order valence-electron chi connectivity index (χ4n) is 3.31. The largest absolute Gasteiger partial charge is 1.00 e. The minimum atomic E-state index is -3.91. The van der Waals surface area contributed by atoms with Crippen LogP contribution in [0.1, 0.15) is 34.0 Å². The molecule has 34 heavy (non-hydrogen) atoms. The molecule has 3 aromatic carbocycles. The molecule has 174 valence electrons. The zero-order valence-corrected chi connectivity index (χ0v) is 22.1. The van der Waals surface area contributed by atoms with Crippen molar-refractivity contribution in [3.05, 3.63) is 88.4 Å². The molecule has 7 nitrogen and oxygen atoms in total. The minimum Gasteiger partial charge on any atom is -0.545 e. The molecule has 0 aromatic heterocycles. The van der Waals surface area contributed by atoms with E-state index < -0.39 is 33.2 Å². The topological polar surface area (TPSA) is 127 Å². The van der Waals surface area contributed by atoms with Crippen LogP contribution in [-0.2, 0) is 16.3 Å². The number of aliphatic hydroxyl groups is 1. The van der Waals surface area contributed by atoms with Gasteiger partial charge in [-0.2, -0.15) is 0 Å². The molecule has 0 saturated heterocycles. The molecule has 0 spiro atoms. The van der Waals surface area contributed by atoms with E-state index in [4.69, 9.17) is 11.6 Å². The van der Waals surface area contributed by atoms with E-state index in [1.165, 1.54) is 12.1 Å². The van der Waals surface area contributed by atoms with E-state index in [1.807, 2.05) is 6.07 Å². The molecule has 0 radical (unpaired) electrons. The Morgan fingerprint density at radius 3 is 2.32 bits per heavy atom. The first kappa shape index (κ1) is 28.3. The fourth-order valence-corrected chi connectivity index (χ4v) is 4.79. The zero-order chi connectivity index (χ0) is 24.0. The normalized spacial score (nSPS) is 12.1. The Kier molecular flexibility index (Phi) is 10.6. The molecule has 0 fully saturated rings. The van der Waals surface area contributed by atoms with Crippen LogP contribution in [0.3, 0.4) is 0 Å². The van der Waals surface area contributed by atoms with Gasteiger partial charge in [-0.1, -0.05) is 35.9 Å². The van der Waals surface area contributed by atoms with Gasteiger partial charge in [0.1, 0.15) is 5.75 Å². The predicted octanol–water partition coefficient (Wildman–Crippen LogP) is -0.498. The van der Waals surface area contributed by atoms with Crippen molar-refractivity contribution in [1.29, 1.82) is 0 Å². The first-order valence-electron chi connectivity index (χ1n) is 10.2. The van der Waals surface area contributed by atoms with Gasteiger partial charge in [-0.25, -0.2) is 8.42 Å². The second kappa shape index (κ2) is 12.7. The number of carboxylic acid groups (broad SMARTS) is 1. The summed E-state index contributed by atoms with van der Waals surface area (Å²) in [6.45, 7) is 1.06. The van der Waals surface area contributed by atoms with Crippen molar-refractivity contribution in [2.45, 2.75) is 28.7 Å². The van der Waals surface area contributed by atoms with Crippen LogP contribution in [-0.4, -0.2) is 37.7 Å². The molecule has 0 bridgehead atoms. The number of hydrogen-bond acceptors (Lipinski definition) is 7. The van der Waals surface area contributed by atoms with Crippen LogP contribution in [0.5, 0.6) is 5.75 Å². The maximum atomic E-state index is 12.8.